The number of pyridine rings is 2. The van der Waals surface area contributed by atoms with Crippen molar-refractivity contribution in [1.29, 1.82) is 0 Å². The van der Waals surface area contributed by atoms with E-state index in [0.717, 1.165) is 63.1 Å². The van der Waals surface area contributed by atoms with Crippen LogP contribution in [0.4, 0.5) is 5.82 Å². The number of rotatable bonds is 3. The van der Waals surface area contributed by atoms with E-state index in [0.29, 0.717) is 13.2 Å². The summed E-state index contributed by atoms with van der Waals surface area (Å²) in [5.74, 6) is 0.954. The first-order valence-electron chi connectivity index (χ1n) is 10.9. The Bertz CT molecular complexity index is 1280. The number of morpholine rings is 1. The third-order valence-corrected chi connectivity index (χ3v) is 5.81. The molecule has 170 valence electrons. The lowest BCUT2D eigenvalue weighted by Crippen LogP contribution is -2.37. The molecular weight excluding hydrogens is 418 g/mol. The molecule has 1 aliphatic heterocycles. The molecule has 7 heteroatoms. The van der Waals surface area contributed by atoms with E-state index < -0.39 is 6.10 Å². The predicted molar refractivity (Wildman–Crippen MR) is 130 cm³/mol. The van der Waals surface area contributed by atoms with Crippen LogP contribution in [0.3, 0.4) is 0 Å². The molecule has 1 fully saturated rings. The van der Waals surface area contributed by atoms with Crippen LogP contribution in [0.15, 0.2) is 54.6 Å². The normalized spacial score (nSPS) is 14.6. The average Bonchev–Trinajstić information content (AvgIpc) is 2.84. The predicted octanol–water partition coefficient (Wildman–Crippen LogP) is 4.35. The molecule has 4 aromatic rings. The van der Waals surface area contributed by atoms with Gasteiger partial charge in [0.2, 0.25) is 0 Å². The van der Waals surface area contributed by atoms with E-state index in [1.54, 1.807) is 6.92 Å². The molecule has 0 aliphatic carbocycles. The summed E-state index contributed by atoms with van der Waals surface area (Å²) in [5.41, 5.74) is 5.84. The van der Waals surface area contributed by atoms with Gasteiger partial charge < -0.3 is 19.8 Å². The maximum atomic E-state index is 10.0. The van der Waals surface area contributed by atoms with Gasteiger partial charge in [-0.25, -0.2) is 9.97 Å². The van der Waals surface area contributed by atoms with Gasteiger partial charge in [-0.1, -0.05) is 30.3 Å². The van der Waals surface area contributed by atoms with Gasteiger partial charge in [-0.05, 0) is 49.2 Å². The highest BCUT2D eigenvalue weighted by Crippen LogP contribution is 2.34. The molecule has 3 heterocycles. The number of para-hydroxylation sites is 1. The first kappa shape index (κ1) is 22.6. The van der Waals surface area contributed by atoms with E-state index in [2.05, 4.69) is 36.1 Å². The van der Waals surface area contributed by atoms with Crippen molar-refractivity contribution in [2.24, 2.45) is 0 Å². The summed E-state index contributed by atoms with van der Waals surface area (Å²) < 4.78 is 5.56. The van der Waals surface area contributed by atoms with Gasteiger partial charge in [0.15, 0.2) is 0 Å². The molecule has 1 saturated heterocycles. The molecule has 5 rings (SSSR count). The largest absolute Gasteiger partial charge is 0.483 e. The molecule has 0 spiro atoms. The van der Waals surface area contributed by atoms with Crippen molar-refractivity contribution in [3.05, 3.63) is 65.7 Å². The van der Waals surface area contributed by atoms with E-state index >= 15 is 0 Å². The molecule has 2 N–H and O–H groups in total. The number of ether oxygens (including phenoxy) is 1. The van der Waals surface area contributed by atoms with Gasteiger partial charge in [0.25, 0.3) is 6.47 Å². The van der Waals surface area contributed by atoms with E-state index in [4.69, 9.17) is 24.6 Å². The highest BCUT2D eigenvalue weighted by Gasteiger charge is 2.20. The van der Waals surface area contributed by atoms with Gasteiger partial charge in [-0.2, -0.15) is 0 Å². The van der Waals surface area contributed by atoms with Gasteiger partial charge in [-0.3, -0.25) is 4.79 Å². The fourth-order valence-corrected chi connectivity index (χ4v) is 4.13. The second-order valence-corrected chi connectivity index (χ2v) is 8.03. The van der Waals surface area contributed by atoms with Crippen LogP contribution in [-0.2, 0) is 9.53 Å². The number of aliphatic hydroxyl groups excluding tert-OH is 1. The summed E-state index contributed by atoms with van der Waals surface area (Å²) in [6, 6.07) is 18.5. The van der Waals surface area contributed by atoms with Gasteiger partial charge in [0.05, 0.1) is 36.0 Å². The first-order chi connectivity index (χ1) is 16.0. The molecule has 0 bridgehead atoms. The topological polar surface area (TPSA) is 95.8 Å². The number of benzene rings is 2. The number of hydrogen-bond acceptors (Lipinski definition) is 6. The van der Waals surface area contributed by atoms with Crippen LogP contribution < -0.4 is 4.90 Å². The van der Waals surface area contributed by atoms with E-state index in [-0.39, 0.29) is 6.47 Å². The number of aromatic nitrogens is 2. The van der Waals surface area contributed by atoms with Crippen LogP contribution in [-0.4, -0.2) is 53.0 Å². The molecule has 1 unspecified atom stereocenters. The Morgan fingerprint density at radius 3 is 2.48 bits per heavy atom. The fraction of sp³-hybridized carbons (Fsp3) is 0.269. The minimum absolute atomic E-state index is 0.250. The van der Waals surface area contributed by atoms with Crippen molar-refractivity contribution in [3.8, 4) is 11.3 Å². The molecule has 0 amide bonds. The van der Waals surface area contributed by atoms with E-state index in [1.165, 1.54) is 0 Å². The van der Waals surface area contributed by atoms with Crippen molar-refractivity contribution < 1.29 is 19.7 Å². The van der Waals surface area contributed by atoms with Crippen LogP contribution in [0.5, 0.6) is 0 Å². The molecule has 0 saturated carbocycles. The molecule has 0 radical (unpaired) electrons. The summed E-state index contributed by atoms with van der Waals surface area (Å²) in [6.07, 6.45) is -0.522. The Labute approximate surface area is 192 Å². The third kappa shape index (κ3) is 4.79. The van der Waals surface area contributed by atoms with Crippen LogP contribution in [0.1, 0.15) is 24.2 Å². The van der Waals surface area contributed by atoms with E-state index in [1.807, 2.05) is 30.3 Å². The number of nitrogens with zero attached hydrogens (tertiary/aromatic N) is 3. The lowest BCUT2D eigenvalue weighted by molar-refractivity contribution is -0.122. The molecule has 2 aromatic carbocycles. The van der Waals surface area contributed by atoms with Crippen LogP contribution in [0.25, 0.3) is 33.1 Å². The Morgan fingerprint density at radius 2 is 1.76 bits per heavy atom. The standard InChI is InChI=1S/C25H25N3O2.CH2O2/c1-16-13-23(26-24-15-18(17(2)29)7-8-20(16)24)21-14-19-5-3-4-6-22(19)27-25(21)28-9-11-30-12-10-28;2-1-3/h3-8,13-15,17,29H,9-12H2,1-2H3;1H,(H,2,3). The van der Waals surface area contributed by atoms with E-state index in [9.17, 15) is 5.11 Å². The van der Waals surface area contributed by atoms with Crippen molar-refractivity contribution >= 4 is 34.1 Å². The number of aliphatic hydroxyl groups is 1. The minimum Gasteiger partial charge on any atom is -0.483 e. The molecular formula is C26H27N3O4. The third-order valence-electron chi connectivity index (χ3n) is 5.81. The van der Waals surface area contributed by atoms with Crippen LogP contribution in [0, 0.1) is 6.92 Å². The average molecular weight is 446 g/mol. The smallest absolute Gasteiger partial charge is 0.290 e. The van der Waals surface area contributed by atoms with Crippen LogP contribution >= 0.6 is 0 Å². The van der Waals surface area contributed by atoms with Gasteiger partial charge >= 0.3 is 0 Å². The minimum atomic E-state index is -0.522. The molecule has 33 heavy (non-hydrogen) atoms. The molecule has 2 aromatic heterocycles. The second kappa shape index (κ2) is 9.94. The molecule has 7 nitrogen and oxygen atoms in total. The second-order valence-electron chi connectivity index (χ2n) is 8.03. The Morgan fingerprint density at radius 1 is 1.03 bits per heavy atom. The highest BCUT2D eigenvalue weighted by atomic mass is 16.5. The highest BCUT2D eigenvalue weighted by molar-refractivity contribution is 5.92. The Kier molecular flexibility index (Phi) is 6.82. The van der Waals surface area contributed by atoms with Crippen molar-refractivity contribution in [1.82, 2.24) is 9.97 Å². The summed E-state index contributed by atoms with van der Waals surface area (Å²) in [7, 11) is 0. The molecule has 1 atom stereocenters. The number of carbonyl (C=O) groups is 1. The van der Waals surface area contributed by atoms with Gasteiger partial charge in [0, 0.05) is 29.4 Å². The maximum absolute atomic E-state index is 10.0. The maximum Gasteiger partial charge on any atom is 0.290 e. The van der Waals surface area contributed by atoms with Crippen molar-refractivity contribution in [2.45, 2.75) is 20.0 Å². The van der Waals surface area contributed by atoms with Crippen molar-refractivity contribution in [3.63, 3.8) is 0 Å². The van der Waals surface area contributed by atoms with Gasteiger partial charge in [-0.15, -0.1) is 0 Å². The zero-order valence-corrected chi connectivity index (χ0v) is 18.7. The zero-order chi connectivity index (χ0) is 23.4. The monoisotopic (exact) mass is 445 g/mol. The summed E-state index contributed by atoms with van der Waals surface area (Å²) in [6.45, 7) is 6.68. The van der Waals surface area contributed by atoms with Gasteiger partial charge in [0.1, 0.15) is 5.82 Å². The SMILES string of the molecule is Cc1cc(-c2cc3ccccc3nc2N2CCOCC2)nc2cc(C(C)O)ccc12.O=CO. The number of carboxylic acid groups (broad SMARTS) is 1. The Hall–Kier alpha value is -3.55. The lowest BCUT2D eigenvalue weighted by atomic mass is 10.0. The quantitative estimate of drug-likeness (QED) is 0.453. The Balaban J connectivity index is 0.000000821. The molecule has 1 aliphatic rings. The summed E-state index contributed by atoms with van der Waals surface area (Å²) >= 11 is 0. The van der Waals surface area contributed by atoms with Crippen molar-refractivity contribution in [2.75, 3.05) is 31.2 Å². The number of hydrogen-bond donors (Lipinski definition) is 2. The fourth-order valence-electron chi connectivity index (χ4n) is 4.13. The summed E-state index contributed by atoms with van der Waals surface area (Å²) in [4.78, 5) is 20.7. The van der Waals surface area contributed by atoms with Crippen LogP contribution in [0.2, 0.25) is 0 Å². The lowest BCUT2D eigenvalue weighted by Gasteiger charge is -2.29. The number of anilines is 1. The number of aryl methyl sites for hydroxylation is 1. The first-order valence-corrected chi connectivity index (χ1v) is 10.9. The zero-order valence-electron chi connectivity index (χ0n) is 18.7. The number of fused-ring (bicyclic) bond motifs is 2. The summed E-state index contributed by atoms with van der Waals surface area (Å²) in [5, 5.41) is 19.1.